The molecule has 0 saturated heterocycles. The van der Waals surface area contributed by atoms with Crippen molar-refractivity contribution in [2.45, 2.75) is 72.0 Å². The third kappa shape index (κ3) is 3.95. The van der Waals surface area contributed by atoms with Gasteiger partial charge in [-0.3, -0.25) is 4.79 Å². The molecule has 1 heterocycles. The van der Waals surface area contributed by atoms with Crippen LogP contribution in [-0.4, -0.2) is 30.0 Å². The number of likely N-dealkylation sites (N-methyl/N-ethyl adjacent to an activating group) is 1. The number of para-hydroxylation sites is 1. The van der Waals surface area contributed by atoms with Gasteiger partial charge in [0.2, 0.25) is 0 Å². The van der Waals surface area contributed by atoms with Crippen LogP contribution in [0.15, 0.2) is 24.3 Å². The summed E-state index contributed by atoms with van der Waals surface area (Å²) in [5.74, 6) is 0.405. The van der Waals surface area contributed by atoms with Gasteiger partial charge in [-0.05, 0) is 51.8 Å². The van der Waals surface area contributed by atoms with Gasteiger partial charge in [0.1, 0.15) is 0 Å². The number of fused-ring (bicyclic) bond motifs is 1. The maximum atomic E-state index is 12.6. The molecule has 23 heavy (non-hydrogen) atoms. The van der Waals surface area contributed by atoms with Gasteiger partial charge in [-0.25, -0.2) is 0 Å². The molecule has 1 unspecified atom stereocenters. The van der Waals surface area contributed by atoms with Gasteiger partial charge in [0, 0.05) is 23.2 Å². The molecule has 0 spiro atoms. The molecule has 1 aromatic rings. The summed E-state index contributed by atoms with van der Waals surface area (Å²) >= 11 is 0. The zero-order chi connectivity index (χ0) is 17.2. The van der Waals surface area contributed by atoms with E-state index in [1.54, 1.807) is 0 Å². The third-order valence-electron chi connectivity index (χ3n) is 4.67. The summed E-state index contributed by atoms with van der Waals surface area (Å²) in [6.45, 7) is 13.7. The van der Waals surface area contributed by atoms with Crippen LogP contribution in [0.4, 0.5) is 5.69 Å². The molecule has 0 aliphatic carbocycles. The fraction of sp³-hybridized carbons (Fsp3) is 0.650. The molecule has 128 valence electrons. The van der Waals surface area contributed by atoms with Crippen LogP contribution in [-0.2, 0) is 11.2 Å². The molecule has 3 nitrogen and oxygen atoms in total. The van der Waals surface area contributed by atoms with Gasteiger partial charge in [0.05, 0.1) is 6.04 Å². The van der Waals surface area contributed by atoms with Gasteiger partial charge in [0.15, 0.2) is 5.78 Å². The first-order chi connectivity index (χ1) is 10.8. The number of hydrogen-bond acceptors (Lipinski definition) is 3. The topological polar surface area (TPSA) is 32.3 Å². The van der Waals surface area contributed by atoms with E-state index in [1.165, 1.54) is 11.3 Å². The first-order valence-electron chi connectivity index (χ1n) is 8.90. The average Bonchev–Trinajstić information content (AvgIpc) is 2.83. The van der Waals surface area contributed by atoms with E-state index in [9.17, 15) is 4.79 Å². The molecule has 0 bridgehead atoms. The van der Waals surface area contributed by atoms with E-state index < -0.39 is 0 Å². The van der Waals surface area contributed by atoms with Crippen molar-refractivity contribution in [3.8, 4) is 0 Å². The molecular weight excluding hydrogens is 284 g/mol. The van der Waals surface area contributed by atoms with Crippen molar-refractivity contribution in [1.29, 1.82) is 0 Å². The quantitative estimate of drug-likeness (QED) is 0.866. The summed E-state index contributed by atoms with van der Waals surface area (Å²) in [4.78, 5) is 15.1. The number of ketones is 1. The Morgan fingerprint density at radius 3 is 2.52 bits per heavy atom. The highest BCUT2D eigenvalue weighted by Gasteiger charge is 2.38. The largest absolute Gasteiger partial charge is 0.363 e. The lowest BCUT2D eigenvalue weighted by atomic mass is 9.93. The van der Waals surface area contributed by atoms with Crippen LogP contribution in [0.3, 0.4) is 0 Å². The lowest BCUT2D eigenvalue weighted by molar-refractivity contribution is -0.124. The molecule has 2 rings (SSSR count). The second-order valence-corrected chi connectivity index (χ2v) is 7.93. The van der Waals surface area contributed by atoms with E-state index in [1.807, 2.05) is 13.8 Å². The molecule has 1 aromatic carbocycles. The van der Waals surface area contributed by atoms with E-state index >= 15 is 0 Å². The zero-order valence-electron chi connectivity index (χ0n) is 15.5. The molecule has 3 heteroatoms. The van der Waals surface area contributed by atoms with E-state index in [4.69, 9.17) is 0 Å². The number of rotatable bonds is 6. The highest BCUT2D eigenvalue weighted by atomic mass is 16.1. The highest BCUT2D eigenvalue weighted by Crippen LogP contribution is 2.39. The normalized spacial score (nSPS) is 19.1. The summed E-state index contributed by atoms with van der Waals surface area (Å²) in [5, 5.41) is 3.41. The van der Waals surface area contributed by atoms with Crippen molar-refractivity contribution >= 4 is 11.5 Å². The van der Waals surface area contributed by atoms with Crippen LogP contribution < -0.4 is 10.2 Å². The number of carbonyl (C=O) groups excluding carboxylic acids is 1. The number of benzene rings is 1. The highest BCUT2D eigenvalue weighted by molar-refractivity contribution is 5.86. The van der Waals surface area contributed by atoms with E-state index in [0.717, 1.165) is 19.4 Å². The fourth-order valence-corrected chi connectivity index (χ4v) is 3.78. The maximum absolute atomic E-state index is 12.6. The third-order valence-corrected chi connectivity index (χ3v) is 4.67. The van der Waals surface area contributed by atoms with Crippen molar-refractivity contribution < 1.29 is 4.79 Å². The summed E-state index contributed by atoms with van der Waals surface area (Å²) < 4.78 is 0. The Bertz CT molecular complexity index is 545. The summed E-state index contributed by atoms with van der Waals surface area (Å²) in [5.41, 5.74) is 2.78. The number of anilines is 1. The lowest BCUT2D eigenvalue weighted by Crippen LogP contribution is -2.51. The molecule has 1 N–H and O–H groups in total. The van der Waals surface area contributed by atoms with Crippen molar-refractivity contribution in [2.75, 3.05) is 11.4 Å². The summed E-state index contributed by atoms with van der Waals surface area (Å²) in [6.07, 6.45) is 1.90. The summed E-state index contributed by atoms with van der Waals surface area (Å²) in [7, 11) is 0. The van der Waals surface area contributed by atoms with Crippen LogP contribution in [0.1, 0.15) is 53.5 Å². The number of Topliss-reactive ketones (excluding diaryl/α,β-unsaturated/α-hetero) is 1. The van der Waals surface area contributed by atoms with Gasteiger partial charge in [-0.15, -0.1) is 0 Å². The van der Waals surface area contributed by atoms with Gasteiger partial charge >= 0.3 is 0 Å². The molecule has 0 radical (unpaired) electrons. The summed E-state index contributed by atoms with van der Waals surface area (Å²) in [6, 6.07) is 8.99. The van der Waals surface area contributed by atoms with E-state index in [2.05, 4.69) is 62.2 Å². The average molecular weight is 316 g/mol. The van der Waals surface area contributed by atoms with Gasteiger partial charge in [-0.1, -0.05) is 39.0 Å². The lowest BCUT2D eigenvalue weighted by Gasteiger charge is -2.41. The molecule has 0 amide bonds. The van der Waals surface area contributed by atoms with Crippen molar-refractivity contribution in [3.63, 3.8) is 0 Å². The van der Waals surface area contributed by atoms with Crippen molar-refractivity contribution in [2.24, 2.45) is 5.92 Å². The molecule has 1 aliphatic heterocycles. The van der Waals surface area contributed by atoms with Crippen LogP contribution in [0.5, 0.6) is 0 Å². The Morgan fingerprint density at radius 2 is 1.96 bits per heavy atom. The second kappa shape index (κ2) is 7.04. The molecule has 0 fully saturated rings. The predicted octanol–water partition coefficient (Wildman–Crippen LogP) is 3.81. The van der Waals surface area contributed by atoms with Crippen LogP contribution in [0.2, 0.25) is 0 Å². The van der Waals surface area contributed by atoms with Gasteiger partial charge < -0.3 is 10.2 Å². The number of nitrogens with zero attached hydrogens (tertiary/aromatic N) is 1. The Balaban J connectivity index is 2.26. The Kier molecular flexibility index (Phi) is 5.51. The first-order valence-corrected chi connectivity index (χ1v) is 8.90. The minimum absolute atomic E-state index is 0.0505. The Morgan fingerprint density at radius 1 is 1.30 bits per heavy atom. The van der Waals surface area contributed by atoms with Crippen LogP contribution in [0, 0.1) is 5.92 Å². The van der Waals surface area contributed by atoms with Gasteiger partial charge in [-0.2, -0.15) is 0 Å². The number of carbonyl (C=O) groups is 1. The molecule has 2 atom stereocenters. The van der Waals surface area contributed by atoms with Crippen molar-refractivity contribution in [3.05, 3.63) is 29.8 Å². The maximum Gasteiger partial charge on any atom is 0.152 e. The van der Waals surface area contributed by atoms with Crippen LogP contribution in [0.25, 0.3) is 0 Å². The standard InChI is InChI=1S/C20H32N2O/c1-7-21-17(19(23)14(2)3)13-16-12-15-10-8-9-11-18(15)22(16)20(4,5)6/h8-11,14,16-17,21H,7,12-13H2,1-6H3/t16?,17-/m0/s1. The number of nitrogens with one attached hydrogen (secondary N) is 1. The second-order valence-electron chi connectivity index (χ2n) is 7.93. The zero-order valence-corrected chi connectivity index (χ0v) is 15.5. The molecule has 1 aliphatic rings. The van der Waals surface area contributed by atoms with Crippen molar-refractivity contribution in [1.82, 2.24) is 5.32 Å². The number of hydrogen-bond donors (Lipinski definition) is 1. The minimum atomic E-state index is -0.0517. The van der Waals surface area contributed by atoms with E-state index in [0.29, 0.717) is 11.8 Å². The smallest absolute Gasteiger partial charge is 0.152 e. The van der Waals surface area contributed by atoms with Gasteiger partial charge in [0.25, 0.3) is 0 Å². The molecule has 0 aromatic heterocycles. The monoisotopic (exact) mass is 316 g/mol. The van der Waals surface area contributed by atoms with Crippen LogP contribution >= 0.6 is 0 Å². The molecule has 0 saturated carbocycles. The minimum Gasteiger partial charge on any atom is -0.363 e. The van der Waals surface area contributed by atoms with E-state index in [-0.39, 0.29) is 17.5 Å². The molecular formula is C20H32N2O. The predicted molar refractivity (Wildman–Crippen MR) is 98.1 cm³/mol. The Hall–Kier alpha value is -1.35. The Labute approximate surface area is 141 Å². The first kappa shape index (κ1) is 18.0. The SMILES string of the molecule is CCN[C@@H](CC1Cc2ccccc2N1C(C)(C)C)C(=O)C(C)C. The fourth-order valence-electron chi connectivity index (χ4n) is 3.78.